The van der Waals surface area contributed by atoms with Crippen molar-refractivity contribution in [3.8, 4) is 11.5 Å². The zero-order chi connectivity index (χ0) is 18.6. The molecule has 5 heteroatoms. The first-order valence-corrected chi connectivity index (χ1v) is 8.02. The molecule has 0 fully saturated rings. The van der Waals surface area contributed by atoms with Crippen molar-refractivity contribution < 1.29 is 20.1 Å². The Hall–Kier alpha value is -2.56. The van der Waals surface area contributed by atoms with Gasteiger partial charge in [0.1, 0.15) is 11.5 Å². The summed E-state index contributed by atoms with van der Waals surface area (Å²) < 4.78 is 0. The van der Waals surface area contributed by atoms with Crippen LogP contribution in [0.25, 0.3) is 6.08 Å². The zero-order valence-corrected chi connectivity index (χ0v) is 14.5. The molecule has 0 aliphatic rings. The summed E-state index contributed by atoms with van der Waals surface area (Å²) in [5.74, 6) is -0.944. The third-order valence-corrected chi connectivity index (χ3v) is 4.04. The molecule has 25 heavy (non-hydrogen) atoms. The summed E-state index contributed by atoms with van der Waals surface area (Å²) in [5, 5.41) is 30.7. The molecule has 0 aromatic heterocycles. The van der Waals surface area contributed by atoms with Crippen LogP contribution in [-0.2, 0) is 6.42 Å². The van der Waals surface area contributed by atoms with Crippen LogP contribution in [0.1, 0.15) is 28.4 Å². The van der Waals surface area contributed by atoms with E-state index in [1.165, 1.54) is 18.2 Å². The van der Waals surface area contributed by atoms with Gasteiger partial charge in [-0.3, -0.25) is 4.79 Å². The number of allylic oxidation sites excluding steroid dienone is 1. The fourth-order valence-corrected chi connectivity index (χ4v) is 2.35. The van der Waals surface area contributed by atoms with Gasteiger partial charge in [0, 0.05) is 17.0 Å². The number of aliphatic hydroxyl groups excluding tert-OH is 1. The standard InChI is InChI=1S/C20H19ClO4/c1-12(2)19(24)11-16-18(23)10-8-15(20(16)25)17(22)9-5-13-3-6-14(21)7-4-13/h3-10,19,23-25H,1,11H2,2H3/b9-5+. The van der Waals surface area contributed by atoms with Crippen molar-refractivity contribution in [1.82, 2.24) is 0 Å². The SMILES string of the molecule is C=C(C)C(O)Cc1c(O)ccc(C(=O)/C=C/c2ccc(Cl)cc2)c1O. The van der Waals surface area contributed by atoms with E-state index in [1.807, 2.05) is 0 Å². The van der Waals surface area contributed by atoms with E-state index in [4.69, 9.17) is 11.6 Å². The van der Waals surface area contributed by atoms with Crippen molar-refractivity contribution in [2.75, 3.05) is 0 Å². The van der Waals surface area contributed by atoms with Gasteiger partial charge in [-0.25, -0.2) is 0 Å². The molecule has 1 unspecified atom stereocenters. The minimum Gasteiger partial charge on any atom is -0.508 e. The number of hydrogen-bond donors (Lipinski definition) is 3. The minimum atomic E-state index is -0.924. The predicted octanol–water partition coefficient (Wildman–Crippen LogP) is 4.13. The Morgan fingerprint density at radius 2 is 1.84 bits per heavy atom. The summed E-state index contributed by atoms with van der Waals surface area (Å²) >= 11 is 5.81. The number of phenols is 2. The summed E-state index contributed by atoms with van der Waals surface area (Å²) in [6, 6.07) is 9.61. The third-order valence-electron chi connectivity index (χ3n) is 3.79. The number of carbonyl (C=O) groups excluding carboxylic acids is 1. The lowest BCUT2D eigenvalue weighted by molar-refractivity contribution is 0.104. The van der Waals surface area contributed by atoms with Crippen LogP contribution in [0.15, 0.2) is 54.6 Å². The van der Waals surface area contributed by atoms with E-state index in [-0.39, 0.29) is 29.0 Å². The van der Waals surface area contributed by atoms with Crippen LogP contribution in [0, 0.1) is 0 Å². The van der Waals surface area contributed by atoms with Gasteiger partial charge in [-0.1, -0.05) is 42.0 Å². The Labute approximate surface area is 151 Å². The maximum atomic E-state index is 12.4. The molecule has 2 aromatic carbocycles. The maximum Gasteiger partial charge on any atom is 0.189 e. The van der Waals surface area contributed by atoms with E-state index >= 15 is 0 Å². The number of aromatic hydroxyl groups is 2. The Bertz CT molecular complexity index is 822. The van der Waals surface area contributed by atoms with Crippen LogP contribution < -0.4 is 0 Å². The van der Waals surface area contributed by atoms with Crippen LogP contribution in [-0.4, -0.2) is 27.2 Å². The number of halogens is 1. The predicted molar refractivity (Wildman–Crippen MR) is 99.1 cm³/mol. The summed E-state index contributed by atoms with van der Waals surface area (Å²) in [6.07, 6.45) is 1.98. The van der Waals surface area contributed by atoms with Gasteiger partial charge in [0.05, 0.1) is 11.7 Å². The number of hydrogen-bond acceptors (Lipinski definition) is 4. The Morgan fingerprint density at radius 3 is 2.44 bits per heavy atom. The first kappa shape index (κ1) is 18.8. The number of aliphatic hydroxyl groups is 1. The number of carbonyl (C=O) groups is 1. The van der Waals surface area contributed by atoms with Crippen molar-refractivity contribution in [2.24, 2.45) is 0 Å². The Kier molecular flexibility index (Phi) is 6.02. The molecule has 0 bridgehead atoms. The molecule has 2 aromatic rings. The lowest BCUT2D eigenvalue weighted by Gasteiger charge is -2.14. The molecule has 0 saturated heterocycles. The van der Waals surface area contributed by atoms with Gasteiger partial charge in [-0.2, -0.15) is 0 Å². The molecule has 0 amide bonds. The largest absolute Gasteiger partial charge is 0.508 e. The molecule has 1 atom stereocenters. The fraction of sp³-hybridized carbons (Fsp3) is 0.150. The average Bonchev–Trinajstić information content (AvgIpc) is 2.57. The van der Waals surface area contributed by atoms with Crippen LogP contribution >= 0.6 is 11.6 Å². The fourth-order valence-electron chi connectivity index (χ4n) is 2.23. The normalized spacial score (nSPS) is 12.3. The second-order valence-electron chi connectivity index (χ2n) is 5.77. The molecule has 0 spiro atoms. The van der Waals surface area contributed by atoms with E-state index in [9.17, 15) is 20.1 Å². The van der Waals surface area contributed by atoms with E-state index < -0.39 is 11.9 Å². The van der Waals surface area contributed by atoms with Gasteiger partial charge in [-0.15, -0.1) is 0 Å². The van der Waals surface area contributed by atoms with Gasteiger partial charge in [0.2, 0.25) is 0 Å². The smallest absolute Gasteiger partial charge is 0.189 e. The molecule has 130 valence electrons. The highest BCUT2D eigenvalue weighted by atomic mass is 35.5. The van der Waals surface area contributed by atoms with Crippen LogP contribution in [0.2, 0.25) is 5.02 Å². The summed E-state index contributed by atoms with van der Waals surface area (Å²) in [6.45, 7) is 5.28. The Morgan fingerprint density at radius 1 is 1.20 bits per heavy atom. The van der Waals surface area contributed by atoms with Crippen molar-refractivity contribution in [1.29, 1.82) is 0 Å². The van der Waals surface area contributed by atoms with Crippen molar-refractivity contribution >= 4 is 23.5 Å². The van der Waals surface area contributed by atoms with Crippen LogP contribution in [0.4, 0.5) is 0 Å². The van der Waals surface area contributed by atoms with Crippen molar-refractivity contribution in [2.45, 2.75) is 19.4 Å². The molecular formula is C20H19ClO4. The van der Waals surface area contributed by atoms with E-state index in [1.54, 1.807) is 37.3 Å². The third kappa shape index (κ3) is 4.72. The molecule has 2 rings (SSSR count). The second kappa shape index (κ2) is 8.01. The lowest BCUT2D eigenvalue weighted by atomic mass is 9.97. The maximum absolute atomic E-state index is 12.4. The van der Waals surface area contributed by atoms with Gasteiger partial charge >= 0.3 is 0 Å². The van der Waals surface area contributed by atoms with Crippen LogP contribution in [0.3, 0.4) is 0 Å². The number of benzene rings is 2. The molecule has 0 saturated carbocycles. The van der Waals surface area contributed by atoms with Gasteiger partial charge in [0.25, 0.3) is 0 Å². The number of rotatable bonds is 6. The Balaban J connectivity index is 2.27. The van der Waals surface area contributed by atoms with E-state index in [0.29, 0.717) is 10.6 Å². The summed E-state index contributed by atoms with van der Waals surface area (Å²) in [7, 11) is 0. The summed E-state index contributed by atoms with van der Waals surface area (Å²) in [5.41, 5.74) is 1.44. The summed E-state index contributed by atoms with van der Waals surface area (Å²) in [4.78, 5) is 12.4. The highest BCUT2D eigenvalue weighted by Gasteiger charge is 2.19. The van der Waals surface area contributed by atoms with Gasteiger partial charge in [-0.05, 0) is 42.8 Å². The van der Waals surface area contributed by atoms with Crippen molar-refractivity contribution in [3.05, 3.63) is 76.3 Å². The molecule has 0 heterocycles. The molecule has 0 aliphatic carbocycles. The van der Waals surface area contributed by atoms with Crippen LogP contribution in [0.5, 0.6) is 11.5 Å². The molecular weight excluding hydrogens is 340 g/mol. The minimum absolute atomic E-state index is 0.0327. The molecule has 0 aliphatic heterocycles. The zero-order valence-electron chi connectivity index (χ0n) is 13.7. The highest BCUT2D eigenvalue weighted by Crippen LogP contribution is 2.33. The highest BCUT2D eigenvalue weighted by molar-refractivity contribution is 6.30. The molecule has 0 radical (unpaired) electrons. The number of phenolic OH excluding ortho intramolecular Hbond substituents is 2. The lowest BCUT2D eigenvalue weighted by Crippen LogP contribution is -2.12. The quantitative estimate of drug-likeness (QED) is 0.412. The first-order chi connectivity index (χ1) is 11.8. The van der Waals surface area contributed by atoms with Gasteiger partial charge < -0.3 is 15.3 Å². The number of ketones is 1. The van der Waals surface area contributed by atoms with Gasteiger partial charge in [0.15, 0.2) is 5.78 Å². The van der Waals surface area contributed by atoms with E-state index in [2.05, 4.69) is 6.58 Å². The van der Waals surface area contributed by atoms with E-state index in [0.717, 1.165) is 5.56 Å². The average molecular weight is 359 g/mol. The molecule has 4 nitrogen and oxygen atoms in total. The first-order valence-electron chi connectivity index (χ1n) is 7.65. The topological polar surface area (TPSA) is 77.8 Å². The molecule has 3 N–H and O–H groups in total. The monoisotopic (exact) mass is 358 g/mol. The second-order valence-corrected chi connectivity index (χ2v) is 6.21. The van der Waals surface area contributed by atoms with Crippen molar-refractivity contribution in [3.63, 3.8) is 0 Å².